The van der Waals surface area contributed by atoms with Gasteiger partial charge in [-0.1, -0.05) is 12.5 Å². The molecule has 0 bridgehead atoms. The Kier molecular flexibility index (Phi) is 3.47. The Labute approximate surface area is 157 Å². The normalized spacial score (nSPS) is 29.1. The van der Waals surface area contributed by atoms with Crippen LogP contribution < -0.4 is 10.5 Å². The highest BCUT2D eigenvalue weighted by atomic mass is 16.5. The fraction of sp³-hybridized carbons (Fsp3) is 0.400. The van der Waals surface area contributed by atoms with Gasteiger partial charge in [0, 0.05) is 36.5 Å². The second-order valence-corrected chi connectivity index (χ2v) is 7.49. The summed E-state index contributed by atoms with van der Waals surface area (Å²) in [4.78, 5) is 27.8. The molecule has 1 aromatic heterocycles. The molecule has 1 fully saturated rings. The maximum atomic E-state index is 13.4. The van der Waals surface area contributed by atoms with E-state index in [1.165, 1.54) is 11.2 Å². The number of guanidine groups is 1. The van der Waals surface area contributed by atoms with Crippen molar-refractivity contribution in [1.82, 2.24) is 14.9 Å². The molecule has 1 saturated carbocycles. The number of fused-ring (bicyclic) bond motifs is 4. The fourth-order valence-electron chi connectivity index (χ4n) is 4.72. The van der Waals surface area contributed by atoms with Gasteiger partial charge in [0.25, 0.3) is 5.91 Å². The first-order valence-electron chi connectivity index (χ1n) is 9.31. The molecule has 3 atom stereocenters. The Hall–Kier alpha value is -2.96. The van der Waals surface area contributed by atoms with Crippen LogP contribution >= 0.6 is 0 Å². The molecule has 27 heavy (non-hydrogen) atoms. The maximum Gasteiger partial charge on any atom is 0.262 e. The summed E-state index contributed by atoms with van der Waals surface area (Å²) < 4.78 is 6.32. The van der Waals surface area contributed by atoms with E-state index in [4.69, 9.17) is 15.5 Å². The summed E-state index contributed by atoms with van der Waals surface area (Å²) in [5.74, 6) is 0.921. The largest absolute Gasteiger partial charge is 0.490 e. The summed E-state index contributed by atoms with van der Waals surface area (Å²) in [6, 6.07) is 5.90. The number of carbonyl (C=O) groups is 1. The van der Waals surface area contributed by atoms with Gasteiger partial charge in [0.1, 0.15) is 18.2 Å². The van der Waals surface area contributed by atoms with Gasteiger partial charge in [0.2, 0.25) is 0 Å². The molecule has 0 saturated heterocycles. The Morgan fingerprint density at radius 1 is 1.19 bits per heavy atom. The molecule has 5 rings (SSSR count). The Bertz CT molecular complexity index is 945. The average molecular weight is 363 g/mol. The summed E-state index contributed by atoms with van der Waals surface area (Å²) in [6.45, 7) is 0. The zero-order valence-electron chi connectivity index (χ0n) is 15.1. The van der Waals surface area contributed by atoms with Crippen LogP contribution in [0.1, 0.15) is 31.2 Å². The number of ether oxygens (including phenoxy) is 1. The van der Waals surface area contributed by atoms with Crippen molar-refractivity contribution in [1.29, 1.82) is 0 Å². The second-order valence-electron chi connectivity index (χ2n) is 7.49. The molecule has 2 aliphatic heterocycles. The van der Waals surface area contributed by atoms with Crippen LogP contribution in [0.4, 0.5) is 0 Å². The van der Waals surface area contributed by atoms with Crippen molar-refractivity contribution in [2.75, 3.05) is 7.05 Å². The van der Waals surface area contributed by atoms with Crippen LogP contribution in [-0.2, 0) is 10.3 Å². The first-order chi connectivity index (χ1) is 13.1. The topological polar surface area (TPSA) is 93.7 Å². The fourth-order valence-corrected chi connectivity index (χ4v) is 4.72. The molecule has 3 aliphatic rings. The molecule has 3 heterocycles. The van der Waals surface area contributed by atoms with Gasteiger partial charge in [-0.15, -0.1) is 0 Å². The van der Waals surface area contributed by atoms with Crippen molar-refractivity contribution in [2.45, 2.75) is 37.3 Å². The van der Waals surface area contributed by atoms with Crippen molar-refractivity contribution < 1.29 is 9.53 Å². The summed E-state index contributed by atoms with van der Waals surface area (Å²) >= 11 is 0. The maximum absolute atomic E-state index is 13.4. The van der Waals surface area contributed by atoms with E-state index < -0.39 is 5.54 Å². The van der Waals surface area contributed by atoms with E-state index in [2.05, 4.69) is 9.97 Å². The van der Waals surface area contributed by atoms with Crippen molar-refractivity contribution in [3.05, 3.63) is 42.5 Å². The summed E-state index contributed by atoms with van der Waals surface area (Å²) in [5, 5.41) is 0. The van der Waals surface area contributed by atoms with Gasteiger partial charge < -0.3 is 10.5 Å². The van der Waals surface area contributed by atoms with Crippen LogP contribution in [0.15, 0.2) is 41.9 Å². The van der Waals surface area contributed by atoms with Gasteiger partial charge >= 0.3 is 0 Å². The highest BCUT2D eigenvalue weighted by Gasteiger charge is 2.60. The van der Waals surface area contributed by atoms with Crippen molar-refractivity contribution >= 4 is 11.9 Å². The number of amides is 1. The molecule has 7 heteroatoms. The first-order valence-corrected chi connectivity index (χ1v) is 9.31. The van der Waals surface area contributed by atoms with Gasteiger partial charge in [0.15, 0.2) is 11.5 Å². The monoisotopic (exact) mass is 363 g/mol. The average Bonchev–Trinajstić information content (AvgIpc) is 2.94. The number of hydrogen-bond acceptors (Lipinski definition) is 6. The minimum atomic E-state index is -0.997. The Balaban J connectivity index is 1.73. The molecular formula is C20H21N5O2. The molecule has 0 radical (unpaired) electrons. The molecule has 2 aromatic rings. The van der Waals surface area contributed by atoms with Crippen LogP contribution in [0.3, 0.4) is 0 Å². The third-order valence-corrected chi connectivity index (χ3v) is 6.07. The molecule has 1 aromatic carbocycles. The standard InChI is InChI=1S/C20H21N5O2/c1-25-18(26)20(24-19(25)21)14-4-2-3-5-16(14)27-17-7-6-12(8-15(17)20)13-9-22-11-23-10-13/h6-11,14,16H,2-5H2,1H3,(H2,21,24)/t14-,16?,20?/m1/s1. The lowest BCUT2D eigenvalue weighted by molar-refractivity contribution is -0.136. The predicted molar refractivity (Wildman–Crippen MR) is 99.9 cm³/mol. The van der Waals surface area contributed by atoms with Crippen molar-refractivity contribution in [3.63, 3.8) is 0 Å². The Morgan fingerprint density at radius 2 is 1.96 bits per heavy atom. The Morgan fingerprint density at radius 3 is 2.70 bits per heavy atom. The minimum Gasteiger partial charge on any atom is -0.490 e. The number of hydrogen-bond donors (Lipinski definition) is 1. The molecule has 1 amide bonds. The van der Waals surface area contributed by atoms with E-state index in [-0.39, 0.29) is 23.9 Å². The van der Waals surface area contributed by atoms with Crippen molar-refractivity contribution in [3.8, 4) is 16.9 Å². The first kappa shape index (κ1) is 16.2. The van der Waals surface area contributed by atoms with E-state index in [1.807, 2.05) is 18.2 Å². The van der Waals surface area contributed by atoms with Gasteiger partial charge in [-0.3, -0.25) is 9.69 Å². The third kappa shape index (κ3) is 2.20. The van der Waals surface area contributed by atoms with E-state index in [9.17, 15) is 4.79 Å². The number of rotatable bonds is 1. The number of nitrogens with two attached hydrogens (primary N) is 1. The number of benzene rings is 1. The van der Waals surface area contributed by atoms with E-state index in [0.29, 0.717) is 0 Å². The third-order valence-electron chi connectivity index (χ3n) is 6.07. The zero-order chi connectivity index (χ0) is 18.6. The molecule has 2 unspecified atom stereocenters. The molecule has 1 aliphatic carbocycles. The van der Waals surface area contributed by atoms with Gasteiger partial charge in [-0.25, -0.2) is 15.0 Å². The molecular weight excluding hydrogens is 342 g/mol. The molecule has 7 nitrogen and oxygen atoms in total. The quantitative estimate of drug-likeness (QED) is 0.837. The molecule has 1 spiro atoms. The summed E-state index contributed by atoms with van der Waals surface area (Å²) in [7, 11) is 1.69. The number of carbonyl (C=O) groups excluding carboxylic acids is 1. The summed E-state index contributed by atoms with van der Waals surface area (Å²) in [6.07, 6.45) is 9.02. The highest BCUT2D eigenvalue weighted by molar-refractivity contribution is 6.07. The lowest BCUT2D eigenvalue weighted by Gasteiger charge is -2.46. The summed E-state index contributed by atoms with van der Waals surface area (Å²) in [5.41, 5.74) is 7.71. The zero-order valence-corrected chi connectivity index (χ0v) is 15.1. The number of nitrogens with zero attached hydrogens (tertiary/aromatic N) is 4. The molecule has 2 N–H and O–H groups in total. The number of aromatic nitrogens is 2. The van der Waals surface area contributed by atoms with Gasteiger partial charge in [0.05, 0.1) is 0 Å². The highest BCUT2D eigenvalue weighted by Crippen LogP contribution is 2.53. The van der Waals surface area contributed by atoms with E-state index in [1.54, 1.807) is 19.4 Å². The number of aliphatic imine (C=N–C) groups is 1. The van der Waals surface area contributed by atoms with E-state index in [0.717, 1.165) is 48.1 Å². The van der Waals surface area contributed by atoms with Gasteiger partial charge in [-0.05, 0) is 37.0 Å². The minimum absolute atomic E-state index is 0.00276. The van der Waals surface area contributed by atoms with Crippen LogP contribution in [0.5, 0.6) is 5.75 Å². The van der Waals surface area contributed by atoms with Crippen LogP contribution in [0.2, 0.25) is 0 Å². The van der Waals surface area contributed by atoms with Gasteiger partial charge in [-0.2, -0.15) is 0 Å². The lowest BCUT2D eigenvalue weighted by Crippen LogP contribution is -2.53. The lowest BCUT2D eigenvalue weighted by atomic mass is 9.67. The predicted octanol–water partition coefficient (Wildman–Crippen LogP) is 2.08. The van der Waals surface area contributed by atoms with Crippen LogP contribution in [0, 0.1) is 5.92 Å². The smallest absolute Gasteiger partial charge is 0.262 e. The number of likely N-dealkylation sites (N-methyl/N-ethyl adjacent to an activating group) is 1. The SMILES string of the molecule is CN1C(=O)C2(N=C1N)c1cc(-c3cncnc3)ccc1OC1CCCC[C@H]12. The van der Waals surface area contributed by atoms with Crippen LogP contribution in [-0.4, -0.2) is 39.9 Å². The second kappa shape index (κ2) is 5.77. The van der Waals surface area contributed by atoms with E-state index >= 15 is 0 Å². The van der Waals surface area contributed by atoms with Crippen LogP contribution in [0.25, 0.3) is 11.1 Å². The van der Waals surface area contributed by atoms with Crippen molar-refractivity contribution in [2.24, 2.45) is 16.6 Å². The molecule has 138 valence electrons.